The molecule has 0 fully saturated rings. The fourth-order valence-electron chi connectivity index (χ4n) is 0.888. The Balaban J connectivity index is 1.78. The van der Waals surface area contributed by atoms with Crippen LogP contribution in [0.1, 0.15) is 0 Å². The predicted molar refractivity (Wildman–Crippen MR) is 59.3 cm³/mol. The molecule has 2 heterocycles. The fraction of sp³-hybridized carbons (Fsp3) is 0.667. The van der Waals surface area contributed by atoms with Crippen LogP contribution in [0, 0.1) is 0 Å². The minimum absolute atomic E-state index is 0.453. The highest BCUT2D eigenvalue weighted by atomic mass is 32.2. The minimum Gasteiger partial charge on any atom is -0.240 e. The van der Waals surface area contributed by atoms with Gasteiger partial charge in [-0.15, -0.1) is 0 Å². The summed E-state index contributed by atoms with van der Waals surface area (Å²) in [6, 6.07) is 0. The maximum atomic E-state index is 11.3. The van der Waals surface area contributed by atoms with Gasteiger partial charge in [0.25, 0.3) is 0 Å². The van der Waals surface area contributed by atoms with Gasteiger partial charge in [-0.2, -0.15) is 9.05 Å². The second-order valence-corrected chi connectivity index (χ2v) is 5.30. The van der Waals surface area contributed by atoms with Crippen LogP contribution in [0.4, 0.5) is 0 Å². The fourth-order valence-corrected chi connectivity index (χ4v) is 3.16. The van der Waals surface area contributed by atoms with E-state index in [1.54, 1.807) is 0 Å². The molecule has 0 amide bonds. The van der Waals surface area contributed by atoms with Gasteiger partial charge >= 0.3 is 18.7 Å². The van der Waals surface area contributed by atoms with E-state index in [0.717, 1.165) is 24.6 Å². The van der Waals surface area contributed by atoms with E-state index in [2.05, 4.69) is 9.98 Å². The predicted octanol–water partition coefficient (Wildman–Crippen LogP) is 1.88. The summed E-state index contributed by atoms with van der Waals surface area (Å²) >= 11 is 2.89. The SMILES string of the molecule is O=[P+](OC1=NCCS1)OC1=NCCS1. The number of aliphatic imine (C=N–C) groups is 2. The van der Waals surface area contributed by atoms with Crippen LogP contribution in [0.25, 0.3) is 0 Å². The van der Waals surface area contributed by atoms with Crippen molar-refractivity contribution in [3.05, 3.63) is 0 Å². The first-order valence-electron chi connectivity index (χ1n) is 4.02. The highest BCUT2D eigenvalue weighted by Crippen LogP contribution is 2.32. The Kier molecular flexibility index (Phi) is 3.67. The summed E-state index contributed by atoms with van der Waals surface area (Å²) in [6.07, 6.45) is 0. The lowest BCUT2D eigenvalue weighted by Crippen LogP contribution is -1.94. The molecule has 0 aromatic carbocycles. The van der Waals surface area contributed by atoms with Crippen molar-refractivity contribution in [2.45, 2.75) is 0 Å². The molecule has 0 bridgehead atoms. The van der Waals surface area contributed by atoms with Crippen molar-refractivity contribution in [3.63, 3.8) is 0 Å². The van der Waals surface area contributed by atoms with Crippen molar-refractivity contribution in [1.29, 1.82) is 0 Å². The lowest BCUT2D eigenvalue weighted by Gasteiger charge is -1.89. The van der Waals surface area contributed by atoms with Crippen molar-refractivity contribution in [2.75, 3.05) is 24.6 Å². The summed E-state index contributed by atoms with van der Waals surface area (Å²) < 4.78 is 21.2. The van der Waals surface area contributed by atoms with Gasteiger partial charge in [0.15, 0.2) is 0 Å². The molecular formula is C6H8N2O3PS2+. The van der Waals surface area contributed by atoms with E-state index in [0.29, 0.717) is 10.5 Å². The van der Waals surface area contributed by atoms with Gasteiger partial charge in [-0.1, -0.05) is 23.5 Å². The molecule has 0 aliphatic carbocycles. The topological polar surface area (TPSA) is 60.2 Å². The molecule has 0 saturated carbocycles. The number of hydrogen-bond acceptors (Lipinski definition) is 7. The van der Waals surface area contributed by atoms with E-state index in [1.807, 2.05) is 0 Å². The molecule has 0 aromatic heterocycles. The maximum Gasteiger partial charge on any atom is 0.809 e. The van der Waals surface area contributed by atoms with Gasteiger partial charge in [0.05, 0.1) is 13.1 Å². The van der Waals surface area contributed by atoms with Crippen LogP contribution < -0.4 is 0 Å². The number of nitrogens with zero attached hydrogens (tertiary/aromatic N) is 2. The zero-order valence-corrected chi connectivity index (χ0v) is 9.74. The summed E-state index contributed by atoms with van der Waals surface area (Å²) in [5, 5.41) is 0.907. The molecule has 2 rings (SSSR count). The van der Waals surface area contributed by atoms with Crippen LogP contribution in [-0.4, -0.2) is 35.1 Å². The molecule has 0 saturated heterocycles. The zero-order valence-electron chi connectivity index (χ0n) is 7.21. The van der Waals surface area contributed by atoms with Gasteiger partial charge in [-0.05, 0) is 0 Å². The Labute approximate surface area is 90.7 Å². The second-order valence-electron chi connectivity index (χ2n) is 2.40. The Morgan fingerprint density at radius 1 is 1.07 bits per heavy atom. The zero-order chi connectivity index (χ0) is 9.80. The van der Waals surface area contributed by atoms with Gasteiger partial charge in [-0.25, -0.2) is 9.98 Å². The molecular weight excluding hydrogens is 243 g/mol. The van der Waals surface area contributed by atoms with Crippen LogP contribution in [0.15, 0.2) is 9.98 Å². The molecule has 2 aliphatic rings. The van der Waals surface area contributed by atoms with Crippen LogP contribution in [-0.2, 0) is 13.6 Å². The van der Waals surface area contributed by atoms with E-state index >= 15 is 0 Å². The smallest absolute Gasteiger partial charge is 0.240 e. The third-order valence-corrected chi connectivity index (χ3v) is 4.00. The molecule has 5 nitrogen and oxygen atoms in total. The van der Waals surface area contributed by atoms with Gasteiger partial charge in [0.1, 0.15) is 0 Å². The van der Waals surface area contributed by atoms with Crippen molar-refractivity contribution in [1.82, 2.24) is 0 Å². The van der Waals surface area contributed by atoms with Gasteiger partial charge in [0.2, 0.25) is 0 Å². The third kappa shape index (κ3) is 2.87. The normalized spacial score (nSPS) is 20.3. The molecule has 2 aliphatic heterocycles. The molecule has 8 heteroatoms. The molecule has 0 radical (unpaired) electrons. The van der Waals surface area contributed by atoms with Crippen LogP contribution in [0.2, 0.25) is 0 Å². The largest absolute Gasteiger partial charge is 0.809 e. The van der Waals surface area contributed by atoms with Gasteiger partial charge in [0, 0.05) is 16.1 Å². The summed E-state index contributed by atoms with van der Waals surface area (Å²) in [4.78, 5) is 7.99. The first-order valence-corrected chi connectivity index (χ1v) is 7.09. The Morgan fingerprint density at radius 2 is 1.57 bits per heavy atom. The van der Waals surface area contributed by atoms with Crippen molar-refractivity contribution in [3.8, 4) is 0 Å². The quantitative estimate of drug-likeness (QED) is 0.701. The minimum atomic E-state index is -2.16. The van der Waals surface area contributed by atoms with Crippen molar-refractivity contribution < 1.29 is 13.6 Å². The molecule has 0 unspecified atom stereocenters. The molecule has 76 valence electrons. The lowest BCUT2D eigenvalue weighted by atomic mass is 10.8. The average molecular weight is 251 g/mol. The highest BCUT2D eigenvalue weighted by Gasteiger charge is 2.31. The standard InChI is InChI=1S/C6H8N2O3PS2/c9-12(10-5-7-1-3-13-5)11-6-8-2-4-14-6/h1-4H2/q+1. The van der Waals surface area contributed by atoms with E-state index in [4.69, 9.17) is 9.05 Å². The van der Waals surface area contributed by atoms with E-state index in [9.17, 15) is 4.57 Å². The Morgan fingerprint density at radius 3 is 1.93 bits per heavy atom. The van der Waals surface area contributed by atoms with Crippen molar-refractivity contribution >= 4 is 42.2 Å². The number of rotatable bonds is 2. The van der Waals surface area contributed by atoms with E-state index in [-0.39, 0.29) is 0 Å². The van der Waals surface area contributed by atoms with Gasteiger partial charge < -0.3 is 0 Å². The average Bonchev–Trinajstić information content (AvgIpc) is 2.76. The van der Waals surface area contributed by atoms with Crippen molar-refractivity contribution in [2.24, 2.45) is 9.98 Å². The highest BCUT2D eigenvalue weighted by molar-refractivity contribution is 8.14. The van der Waals surface area contributed by atoms with Crippen LogP contribution >= 0.6 is 31.8 Å². The monoisotopic (exact) mass is 251 g/mol. The van der Waals surface area contributed by atoms with E-state index in [1.165, 1.54) is 23.5 Å². The third-order valence-electron chi connectivity index (χ3n) is 1.42. The van der Waals surface area contributed by atoms with Gasteiger partial charge in [-0.3, -0.25) is 0 Å². The number of hydrogen-bond donors (Lipinski definition) is 0. The van der Waals surface area contributed by atoms with E-state index < -0.39 is 8.25 Å². The molecule has 0 N–H and O–H groups in total. The summed E-state index contributed by atoms with van der Waals surface area (Å²) in [6.45, 7) is 1.44. The Hall–Kier alpha value is -0.260. The summed E-state index contributed by atoms with van der Waals surface area (Å²) in [7, 11) is -2.16. The van der Waals surface area contributed by atoms with Crippen LogP contribution in [0.3, 0.4) is 0 Å². The summed E-state index contributed by atoms with van der Waals surface area (Å²) in [5.41, 5.74) is 0. The lowest BCUT2D eigenvalue weighted by molar-refractivity contribution is 0.416. The number of thioether (sulfide) groups is 2. The first-order chi connectivity index (χ1) is 6.84. The molecule has 0 aromatic rings. The molecule has 0 spiro atoms. The molecule has 14 heavy (non-hydrogen) atoms. The Bertz CT molecular complexity index is 279. The summed E-state index contributed by atoms with van der Waals surface area (Å²) in [5.74, 6) is 1.77. The maximum absolute atomic E-state index is 11.3. The first kappa shape index (κ1) is 10.3. The second kappa shape index (κ2) is 5.00. The van der Waals surface area contributed by atoms with Crippen LogP contribution in [0.5, 0.6) is 0 Å². The molecule has 0 atom stereocenters.